The molecule has 0 atom stereocenters. The molecule has 34 heavy (non-hydrogen) atoms. The molecule has 1 heterocycles. The smallest absolute Gasteiger partial charge is 0.416 e. The molecule has 0 amide bonds. The van der Waals surface area contributed by atoms with Gasteiger partial charge in [0.2, 0.25) is 0 Å². The summed E-state index contributed by atoms with van der Waals surface area (Å²) in [7, 11) is 0. The molecule has 4 aromatic rings. The van der Waals surface area contributed by atoms with Crippen LogP contribution in [0.2, 0.25) is 0 Å². The second kappa shape index (κ2) is 10.1. The van der Waals surface area contributed by atoms with E-state index in [1.165, 1.54) is 23.5 Å². The normalized spacial score (nSPS) is 11.6. The summed E-state index contributed by atoms with van der Waals surface area (Å²) in [6.07, 6.45) is -3.63. The number of thiazole rings is 1. The number of aromatic nitrogens is 1. The van der Waals surface area contributed by atoms with Crippen LogP contribution in [0.5, 0.6) is 5.75 Å². The van der Waals surface area contributed by atoms with Crippen LogP contribution in [0.15, 0.2) is 65.6 Å². The number of nitrogens with zero attached hydrogens (tertiary/aromatic N) is 1. The maximum atomic E-state index is 12.8. The van der Waals surface area contributed by atoms with Crippen molar-refractivity contribution in [3.05, 3.63) is 77.4 Å². The average molecular weight is 504 g/mol. The first-order valence-electron chi connectivity index (χ1n) is 10.4. The summed E-state index contributed by atoms with van der Waals surface area (Å²) in [6, 6.07) is 16.7. The second-order valence-corrected chi connectivity index (χ2v) is 9.57. The number of rotatable bonds is 8. The Morgan fingerprint density at radius 2 is 1.85 bits per heavy atom. The van der Waals surface area contributed by atoms with Crippen LogP contribution in [0, 0.1) is 0 Å². The first-order chi connectivity index (χ1) is 16.2. The first kappa shape index (κ1) is 24.1. The Kier molecular flexibility index (Phi) is 7.13. The Labute approximate surface area is 202 Å². The van der Waals surface area contributed by atoms with Gasteiger partial charge in [-0.1, -0.05) is 25.1 Å². The molecule has 0 aliphatic heterocycles. The number of hydrogen-bond donors (Lipinski definition) is 1. The van der Waals surface area contributed by atoms with Gasteiger partial charge in [-0.15, -0.1) is 23.1 Å². The molecule has 0 aliphatic rings. The minimum Gasteiger partial charge on any atom is -0.482 e. The number of ether oxygens (including phenoxy) is 1. The highest BCUT2D eigenvalue weighted by atomic mass is 32.2. The van der Waals surface area contributed by atoms with Crippen LogP contribution in [-0.2, 0) is 23.1 Å². The van der Waals surface area contributed by atoms with E-state index in [1.807, 2.05) is 31.2 Å². The van der Waals surface area contributed by atoms with Crippen molar-refractivity contribution in [2.24, 2.45) is 0 Å². The lowest BCUT2D eigenvalue weighted by atomic mass is 10.1. The molecule has 0 bridgehead atoms. The van der Waals surface area contributed by atoms with Crippen LogP contribution in [0.4, 0.5) is 13.2 Å². The summed E-state index contributed by atoms with van der Waals surface area (Å²) in [6.45, 7) is 1.62. The van der Waals surface area contributed by atoms with E-state index in [9.17, 15) is 18.0 Å². The van der Waals surface area contributed by atoms with Gasteiger partial charge in [0.05, 0.1) is 15.8 Å². The fourth-order valence-corrected chi connectivity index (χ4v) is 5.29. The van der Waals surface area contributed by atoms with Gasteiger partial charge in [-0.2, -0.15) is 13.2 Å². The van der Waals surface area contributed by atoms with Crippen LogP contribution in [0.3, 0.4) is 0 Å². The zero-order chi connectivity index (χ0) is 24.3. The number of hydrogen-bond acceptors (Lipinski definition) is 5. The number of alkyl halides is 3. The van der Waals surface area contributed by atoms with E-state index in [4.69, 9.17) is 9.84 Å². The van der Waals surface area contributed by atoms with Crippen LogP contribution in [0.25, 0.3) is 20.8 Å². The molecule has 3 aromatic carbocycles. The second-order valence-electron chi connectivity index (χ2n) is 7.49. The highest BCUT2D eigenvalue weighted by Crippen LogP contribution is 2.35. The minimum absolute atomic E-state index is 0.372. The zero-order valence-corrected chi connectivity index (χ0v) is 19.7. The maximum absolute atomic E-state index is 12.8. The van der Waals surface area contributed by atoms with E-state index < -0.39 is 17.7 Å². The quantitative estimate of drug-likeness (QED) is 0.256. The van der Waals surface area contributed by atoms with Crippen LogP contribution in [0.1, 0.15) is 23.6 Å². The molecule has 0 spiro atoms. The molecule has 4 nitrogen and oxygen atoms in total. The molecular weight excluding hydrogens is 483 g/mol. The molecule has 176 valence electrons. The highest BCUT2D eigenvalue weighted by molar-refractivity contribution is 7.98. The largest absolute Gasteiger partial charge is 0.482 e. The zero-order valence-electron chi connectivity index (χ0n) is 18.1. The molecule has 4 rings (SSSR count). The van der Waals surface area contributed by atoms with Crippen molar-refractivity contribution < 1.29 is 27.8 Å². The van der Waals surface area contributed by atoms with E-state index >= 15 is 0 Å². The minimum atomic E-state index is -4.36. The molecule has 0 aliphatic carbocycles. The van der Waals surface area contributed by atoms with Crippen molar-refractivity contribution in [3.8, 4) is 16.3 Å². The number of fused-ring (bicyclic) bond motifs is 1. The summed E-state index contributed by atoms with van der Waals surface area (Å²) in [5, 5.41) is 9.49. The highest BCUT2D eigenvalue weighted by Gasteiger charge is 2.30. The topological polar surface area (TPSA) is 59.4 Å². The number of carbonyl (C=O) groups is 1. The van der Waals surface area contributed by atoms with Gasteiger partial charge >= 0.3 is 12.1 Å². The monoisotopic (exact) mass is 503 g/mol. The fourth-order valence-electron chi connectivity index (χ4n) is 3.35. The van der Waals surface area contributed by atoms with E-state index in [1.54, 1.807) is 17.8 Å². The van der Waals surface area contributed by atoms with Gasteiger partial charge in [0, 0.05) is 16.2 Å². The van der Waals surface area contributed by atoms with Gasteiger partial charge in [-0.05, 0) is 60.0 Å². The number of thioether (sulfide) groups is 1. The van der Waals surface area contributed by atoms with E-state index in [2.05, 4.69) is 11.1 Å². The first-order valence-corrected chi connectivity index (χ1v) is 12.2. The van der Waals surface area contributed by atoms with Crippen LogP contribution in [-0.4, -0.2) is 22.7 Å². The van der Waals surface area contributed by atoms with Crippen molar-refractivity contribution in [2.75, 3.05) is 6.61 Å². The Balaban J connectivity index is 1.47. The predicted molar refractivity (Wildman–Crippen MR) is 129 cm³/mol. The van der Waals surface area contributed by atoms with Crippen molar-refractivity contribution >= 4 is 39.3 Å². The molecule has 1 N–H and O–H groups in total. The molecule has 0 radical (unpaired) electrons. The van der Waals surface area contributed by atoms with Gasteiger partial charge < -0.3 is 9.84 Å². The van der Waals surface area contributed by atoms with Gasteiger partial charge in [0.15, 0.2) is 6.61 Å². The lowest BCUT2D eigenvalue weighted by Crippen LogP contribution is -2.10. The Hall–Kier alpha value is -3.04. The van der Waals surface area contributed by atoms with Crippen molar-refractivity contribution in [2.45, 2.75) is 30.2 Å². The van der Waals surface area contributed by atoms with Crippen molar-refractivity contribution in [1.82, 2.24) is 4.98 Å². The lowest BCUT2D eigenvalue weighted by molar-refractivity contribution is -0.139. The Morgan fingerprint density at radius 3 is 2.53 bits per heavy atom. The summed E-state index contributed by atoms with van der Waals surface area (Å²) >= 11 is 3.11. The number of benzene rings is 3. The standard InChI is InChI=1S/C25H20F3NO3S2/c1-2-16-12-19(8-10-21(16)32-13-23(30)31)33-14-15-3-9-20-22(11-15)34-24(29-20)17-4-6-18(7-5-17)25(26,27)28/h3-12H,2,13-14H2,1H3,(H,30,31). The summed E-state index contributed by atoms with van der Waals surface area (Å²) in [5.74, 6) is 0.290. The molecule has 1 aromatic heterocycles. The fraction of sp³-hybridized carbons (Fsp3) is 0.200. The van der Waals surface area contributed by atoms with Gasteiger partial charge in [-0.3, -0.25) is 0 Å². The summed E-state index contributed by atoms with van der Waals surface area (Å²) in [5.41, 5.74) is 2.84. The Bertz CT molecular complexity index is 1320. The number of halogens is 3. The molecule has 0 fully saturated rings. The van der Waals surface area contributed by atoms with Crippen molar-refractivity contribution in [3.63, 3.8) is 0 Å². The molecule has 9 heteroatoms. The molecule has 0 unspecified atom stereocenters. The van der Waals surface area contributed by atoms with Crippen LogP contribution < -0.4 is 4.74 Å². The number of carboxylic acid groups (broad SMARTS) is 1. The molecule has 0 saturated carbocycles. The number of carboxylic acids is 1. The molecular formula is C25H20F3NO3S2. The Morgan fingerprint density at radius 1 is 1.09 bits per heavy atom. The van der Waals surface area contributed by atoms with Crippen molar-refractivity contribution in [1.29, 1.82) is 0 Å². The average Bonchev–Trinajstić information content (AvgIpc) is 3.24. The third-order valence-corrected chi connectivity index (χ3v) is 7.21. The SMILES string of the molecule is CCc1cc(SCc2ccc3nc(-c4ccc(C(F)(F)F)cc4)sc3c2)ccc1OCC(=O)O. The lowest BCUT2D eigenvalue weighted by Gasteiger charge is -2.11. The predicted octanol–water partition coefficient (Wildman–Crippen LogP) is 7.30. The van der Waals surface area contributed by atoms with Gasteiger partial charge in [0.1, 0.15) is 10.8 Å². The van der Waals surface area contributed by atoms with E-state index in [0.29, 0.717) is 16.3 Å². The summed E-state index contributed by atoms with van der Waals surface area (Å²) in [4.78, 5) is 16.4. The van der Waals surface area contributed by atoms with Gasteiger partial charge in [0.25, 0.3) is 0 Å². The maximum Gasteiger partial charge on any atom is 0.416 e. The number of aryl methyl sites for hydroxylation is 1. The van der Waals surface area contributed by atoms with Crippen LogP contribution >= 0.6 is 23.1 Å². The summed E-state index contributed by atoms with van der Waals surface area (Å²) < 4.78 is 44.8. The molecule has 0 saturated heterocycles. The van der Waals surface area contributed by atoms with Gasteiger partial charge in [-0.25, -0.2) is 9.78 Å². The van der Waals surface area contributed by atoms with E-state index in [-0.39, 0.29) is 6.61 Å². The van der Waals surface area contributed by atoms with E-state index in [0.717, 1.165) is 50.5 Å². The third-order valence-electron chi connectivity index (χ3n) is 5.08. The number of aliphatic carboxylic acids is 1. The third kappa shape index (κ3) is 5.71.